The number of benzene rings is 2. The van der Waals surface area contributed by atoms with Crippen LogP contribution in [0.15, 0.2) is 40.9 Å². The van der Waals surface area contributed by atoms with Crippen molar-refractivity contribution in [2.75, 3.05) is 5.32 Å². The van der Waals surface area contributed by atoms with Gasteiger partial charge >= 0.3 is 0 Å². The highest BCUT2D eigenvalue weighted by Crippen LogP contribution is 2.26. The Morgan fingerprint density at radius 1 is 1.06 bits per heavy atom. The molecular formula is C13H9BrCl2FN. The zero-order chi connectivity index (χ0) is 13.1. The Morgan fingerprint density at radius 2 is 1.78 bits per heavy atom. The Bertz CT molecular complexity index is 523. The van der Waals surface area contributed by atoms with Crippen LogP contribution >= 0.6 is 39.1 Å². The van der Waals surface area contributed by atoms with Gasteiger partial charge in [-0.2, -0.15) is 0 Å². The van der Waals surface area contributed by atoms with Crippen molar-refractivity contribution < 1.29 is 4.39 Å². The van der Waals surface area contributed by atoms with Gasteiger partial charge in [0.2, 0.25) is 0 Å². The molecule has 2 rings (SSSR count). The fraction of sp³-hybridized carbons (Fsp3) is 0.0769. The third-order valence-corrected chi connectivity index (χ3v) is 3.92. The Kier molecular flexibility index (Phi) is 4.49. The van der Waals surface area contributed by atoms with E-state index >= 15 is 0 Å². The summed E-state index contributed by atoms with van der Waals surface area (Å²) in [6, 6.07) is 10.3. The SMILES string of the molecule is Fc1cc(CNc2ccc(Cl)c(Br)c2)ccc1Cl. The lowest BCUT2D eigenvalue weighted by atomic mass is 10.2. The van der Waals surface area contributed by atoms with Gasteiger partial charge in [0.25, 0.3) is 0 Å². The van der Waals surface area contributed by atoms with Gasteiger partial charge in [-0.3, -0.25) is 0 Å². The van der Waals surface area contributed by atoms with Crippen molar-refractivity contribution >= 4 is 44.8 Å². The van der Waals surface area contributed by atoms with E-state index in [0.717, 1.165) is 15.7 Å². The molecule has 0 unspecified atom stereocenters. The zero-order valence-electron chi connectivity index (χ0n) is 9.18. The minimum atomic E-state index is -0.409. The van der Waals surface area contributed by atoms with E-state index in [1.54, 1.807) is 18.2 Å². The van der Waals surface area contributed by atoms with Crippen LogP contribution in [0.1, 0.15) is 5.56 Å². The largest absolute Gasteiger partial charge is 0.381 e. The highest BCUT2D eigenvalue weighted by molar-refractivity contribution is 9.10. The molecular weight excluding hydrogens is 340 g/mol. The fourth-order valence-corrected chi connectivity index (χ4v) is 2.07. The zero-order valence-corrected chi connectivity index (χ0v) is 12.3. The molecule has 0 atom stereocenters. The Hall–Kier alpha value is -0.770. The molecule has 2 aromatic carbocycles. The predicted octanol–water partition coefficient (Wildman–Crippen LogP) is 5.51. The van der Waals surface area contributed by atoms with Crippen LogP contribution in [0.4, 0.5) is 10.1 Å². The summed E-state index contributed by atoms with van der Waals surface area (Å²) in [7, 11) is 0. The van der Waals surface area contributed by atoms with Crippen molar-refractivity contribution in [1.29, 1.82) is 0 Å². The van der Waals surface area contributed by atoms with E-state index in [1.807, 2.05) is 12.1 Å². The molecule has 0 saturated heterocycles. The van der Waals surface area contributed by atoms with E-state index in [2.05, 4.69) is 21.2 Å². The number of nitrogens with one attached hydrogen (secondary N) is 1. The van der Waals surface area contributed by atoms with Crippen molar-refractivity contribution in [3.05, 3.63) is 62.3 Å². The van der Waals surface area contributed by atoms with Crippen LogP contribution < -0.4 is 5.32 Å². The first-order chi connectivity index (χ1) is 8.56. The third kappa shape index (κ3) is 3.37. The standard InChI is InChI=1S/C13H9BrCl2FN/c14-10-6-9(2-4-11(10)15)18-7-8-1-3-12(16)13(17)5-8/h1-6,18H,7H2. The number of anilines is 1. The van der Waals surface area contributed by atoms with Crippen molar-refractivity contribution in [3.8, 4) is 0 Å². The summed E-state index contributed by atoms with van der Waals surface area (Å²) in [4.78, 5) is 0. The van der Waals surface area contributed by atoms with Gasteiger partial charge in [0, 0.05) is 16.7 Å². The molecule has 94 valence electrons. The van der Waals surface area contributed by atoms with Crippen molar-refractivity contribution in [3.63, 3.8) is 0 Å². The maximum absolute atomic E-state index is 13.2. The van der Waals surface area contributed by atoms with Gasteiger partial charge < -0.3 is 5.32 Å². The molecule has 2 aromatic rings. The maximum atomic E-state index is 13.2. The Balaban J connectivity index is 2.06. The molecule has 0 heterocycles. The van der Waals surface area contributed by atoms with Gasteiger partial charge in [0.1, 0.15) is 5.82 Å². The monoisotopic (exact) mass is 347 g/mol. The molecule has 0 fully saturated rings. The molecule has 0 aliphatic rings. The second-order valence-electron chi connectivity index (χ2n) is 3.73. The van der Waals surface area contributed by atoms with Gasteiger partial charge in [-0.15, -0.1) is 0 Å². The van der Waals surface area contributed by atoms with E-state index < -0.39 is 5.82 Å². The molecule has 5 heteroatoms. The quantitative estimate of drug-likeness (QED) is 0.771. The molecule has 0 saturated carbocycles. The minimum absolute atomic E-state index is 0.132. The lowest BCUT2D eigenvalue weighted by Gasteiger charge is -2.08. The van der Waals surface area contributed by atoms with Crippen molar-refractivity contribution in [2.24, 2.45) is 0 Å². The van der Waals surface area contributed by atoms with E-state index in [4.69, 9.17) is 23.2 Å². The van der Waals surface area contributed by atoms with Crippen LogP contribution in [0.3, 0.4) is 0 Å². The summed E-state index contributed by atoms with van der Waals surface area (Å²) >= 11 is 14.9. The third-order valence-electron chi connectivity index (χ3n) is 2.40. The van der Waals surface area contributed by atoms with Crippen LogP contribution in [0.25, 0.3) is 0 Å². The second kappa shape index (κ2) is 5.91. The first-order valence-corrected chi connectivity index (χ1v) is 6.74. The van der Waals surface area contributed by atoms with E-state index in [9.17, 15) is 4.39 Å². The lowest BCUT2D eigenvalue weighted by molar-refractivity contribution is 0.626. The summed E-state index contributed by atoms with van der Waals surface area (Å²) < 4.78 is 14.1. The lowest BCUT2D eigenvalue weighted by Crippen LogP contribution is -1.99. The van der Waals surface area contributed by atoms with E-state index in [1.165, 1.54) is 6.07 Å². The first-order valence-electron chi connectivity index (χ1n) is 5.19. The molecule has 1 N–H and O–H groups in total. The summed E-state index contributed by atoms with van der Waals surface area (Å²) in [5.41, 5.74) is 1.73. The molecule has 0 spiro atoms. The summed E-state index contributed by atoms with van der Waals surface area (Å²) in [6.45, 7) is 0.516. The summed E-state index contributed by atoms with van der Waals surface area (Å²) in [5, 5.41) is 3.96. The number of hydrogen-bond donors (Lipinski definition) is 1. The van der Waals surface area contributed by atoms with E-state index in [0.29, 0.717) is 11.6 Å². The van der Waals surface area contributed by atoms with Crippen molar-refractivity contribution in [2.45, 2.75) is 6.54 Å². The van der Waals surface area contributed by atoms with Crippen LogP contribution in [-0.4, -0.2) is 0 Å². The van der Waals surface area contributed by atoms with Crippen LogP contribution in [0, 0.1) is 5.82 Å². The van der Waals surface area contributed by atoms with Crippen LogP contribution in [-0.2, 0) is 6.54 Å². The first kappa shape index (κ1) is 13.7. The van der Waals surface area contributed by atoms with Gasteiger partial charge in [-0.05, 0) is 51.8 Å². The molecule has 0 aromatic heterocycles. The molecule has 0 radical (unpaired) electrons. The number of hydrogen-bond acceptors (Lipinski definition) is 1. The minimum Gasteiger partial charge on any atom is -0.381 e. The van der Waals surface area contributed by atoms with Gasteiger partial charge in [-0.1, -0.05) is 29.3 Å². The normalized spacial score (nSPS) is 10.4. The highest BCUT2D eigenvalue weighted by Gasteiger charge is 2.02. The molecule has 0 bridgehead atoms. The Morgan fingerprint density at radius 3 is 2.44 bits per heavy atom. The molecule has 18 heavy (non-hydrogen) atoms. The molecule has 0 aliphatic heterocycles. The van der Waals surface area contributed by atoms with Gasteiger partial charge in [-0.25, -0.2) is 4.39 Å². The fourth-order valence-electron chi connectivity index (χ4n) is 1.46. The summed E-state index contributed by atoms with van der Waals surface area (Å²) in [6.07, 6.45) is 0. The topological polar surface area (TPSA) is 12.0 Å². The van der Waals surface area contributed by atoms with Crippen LogP contribution in [0.5, 0.6) is 0 Å². The molecule has 1 nitrogen and oxygen atoms in total. The van der Waals surface area contributed by atoms with E-state index in [-0.39, 0.29) is 5.02 Å². The van der Waals surface area contributed by atoms with Crippen molar-refractivity contribution in [1.82, 2.24) is 0 Å². The predicted molar refractivity (Wildman–Crippen MR) is 77.9 cm³/mol. The van der Waals surface area contributed by atoms with Crippen LogP contribution in [0.2, 0.25) is 10.0 Å². The average Bonchev–Trinajstić information content (AvgIpc) is 2.35. The highest BCUT2D eigenvalue weighted by atomic mass is 79.9. The maximum Gasteiger partial charge on any atom is 0.142 e. The molecule has 0 aliphatic carbocycles. The Labute approximate surface area is 123 Å². The van der Waals surface area contributed by atoms with Gasteiger partial charge in [0.15, 0.2) is 0 Å². The molecule has 0 amide bonds. The van der Waals surface area contributed by atoms with Gasteiger partial charge in [0.05, 0.1) is 10.0 Å². The second-order valence-corrected chi connectivity index (χ2v) is 5.40. The average molecular weight is 349 g/mol. The number of rotatable bonds is 3. The smallest absolute Gasteiger partial charge is 0.142 e. The summed E-state index contributed by atoms with van der Waals surface area (Å²) in [5.74, 6) is -0.409. The number of halogens is 4.